The molecule has 2 aromatic carbocycles. The SMILES string of the molecule is O=C(NCCc1ccccc1-c1ncco1)C1=Nc2ccccc2S(=O)(=O)N1. The quantitative estimate of drug-likeness (QED) is 0.685. The van der Waals surface area contributed by atoms with Gasteiger partial charge in [0.05, 0.1) is 11.9 Å². The summed E-state index contributed by atoms with van der Waals surface area (Å²) in [6, 6.07) is 13.8. The molecule has 0 aliphatic carbocycles. The van der Waals surface area contributed by atoms with Crippen LogP contribution in [0, 0.1) is 0 Å². The number of hydrogen-bond acceptors (Lipinski definition) is 6. The molecule has 3 aromatic rings. The van der Waals surface area contributed by atoms with Gasteiger partial charge in [-0.1, -0.05) is 30.3 Å². The van der Waals surface area contributed by atoms with Gasteiger partial charge in [0.1, 0.15) is 11.2 Å². The van der Waals surface area contributed by atoms with Gasteiger partial charge in [0.2, 0.25) is 11.7 Å². The summed E-state index contributed by atoms with van der Waals surface area (Å²) in [5.41, 5.74) is 2.02. The zero-order valence-electron chi connectivity index (χ0n) is 14.6. The van der Waals surface area contributed by atoms with E-state index in [-0.39, 0.29) is 16.4 Å². The first-order valence-corrected chi connectivity index (χ1v) is 9.99. The molecule has 8 nitrogen and oxygen atoms in total. The largest absolute Gasteiger partial charge is 0.445 e. The van der Waals surface area contributed by atoms with Crippen LogP contribution in [0.4, 0.5) is 5.69 Å². The van der Waals surface area contributed by atoms with Gasteiger partial charge in [-0.15, -0.1) is 0 Å². The van der Waals surface area contributed by atoms with E-state index in [4.69, 9.17) is 4.42 Å². The highest BCUT2D eigenvalue weighted by molar-refractivity contribution is 7.90. The average molecular weight is 396 g/mol. The summed E-state index contributed by atoms with van der Waals surface area (Å²) in [5, 5.41) is 2.69. The number of amidine groups is 1. The molecule has 28 heavy (non-hydrogen) atoms. The summed E-state index contributed by atoms with van der Waals surface area (Å²) in [6.45, 7) is 0.291. The van der Waals surface area contributed by atoms with E-state index in [9.17, 15) is 13.2 Å². The third kappa shape index (κ3) is 3.52. The summed E-state index contributed by atoms with van der Waals surface area (Å²) in [4.78, 5) is 20.7. The third-order valence-electron chi connectivity index (χ3n) is 4.19. The van der Waals surface area contributed by atoms with Gasteiger partial charge >= 0.3 is 0 Å². The number of carbonyl (C=O) groups excluding carboxylic acids is 1. The van der Waals surface area contributed by atoms with Gasteiger partial charge in [-0.3, -0.25) is 9.52 Å². The van der Waals surface area contributed by atoms with Gasteiger partial charge < -0.3 is 9.73 Å². The molecule has 0 saturated carbocycles. The van der Waals surface area contributed by atoms with Crippen LogP contribution in [-0.2, 0) is 21.2 Å². The molecular weight excluding hydrogens is 380 g/mol. The van der Waals surface area contributed by atoms with Crippen molar-refractivity contribution < 1.29 is 17.6 Å². The molecular formula is C19H16N4O4S. The van der Waals surface area contributed by atoms with E-state index in [2.05, 4.69) is 20.0 Å². The Labute approximate surface area is 161 Å². The third-order valence-corrected chi connectivity index (χ3v) is 5.58. The summed E-state index contributed by atoms with van der Waals surface area (Å²) >= 11 is 0. The van der Waals surface area contributed by atoms with Gasteiger partial charge in [-0.25, -0.2) is 18.4 Å². The lowest BCUT2D eigenvalue weighted by Gasteiger charge is -2.17. The maximum Gasteiger partial charge on any atom is 0.287 e. The predicted octanol–water partition coefficient (Wildman–Crippen LogP) is 2.02. The molecule has 0 radical (unpaired) electrons. The molecule has 0 fully saturated rings. The molecule has 0 atom stereocenters. The Hall–Kier alpha value is -3.46. The van der Waals surface area contributed by atoms with Crippen LogP contribution in [0.5, 0.6) is 0 Å². The van der Waals surface area contributed by atoms with Crippen molar-refractivity contribution >= 4 is 27.5 Å². The minimum Gasteiger partial charge on any atom is -0.445 e. The number of aromatic nitrogens is 1. The lowest BCUT2D eigenvalue weighted by atomic mass is 10.0. The highest BCUT2D eigenvalue weighted by Gasteiger charge is 2.28. The van der Waals surface area contributed by atoms with Crippen molar-refractivity contribution in [2.75, 3.05) is 6.54 Å². The van der Waals surface area contributed by atoms with E-state index in [0.29, 0.717) is 18.9 Å². The van der Waals surface area contributed by atoms with E-state index in [1.54, 1.807) is 24.4 Å². The average Bonchev–Trinajstić information content (AvgIpc) is 3.22. The van der Waals surface area contributed by atoms with Crippen LogP contribution in [0.15, 0.2) is 75.3 Å². The van der Waals surface area contributed by atoms with Gasteiger partial charge in [0.25, 0.3) is 15.9 Å². The van der Waals surface area contributed by atoms with Crippen molar-refractivity contribution in [1.29, 1.82) is 0 Å². The zero-order chi connectivity index (χ0) is 19.6. The highest BCUT2D eigenvalue weighted by Crippen LogP contribution is 2.26. The van der Waals surface area contributed by atoms with Crippen LogP contribution >= 0.6 is 0 Å². The lowest BCUT2D eigenvalue weighted by Crippen LogP contribution is -2.44. The Bertz CT molecular complexity index is 1150. The van der Waals surface area contributed by atoms with Crippen molar-refractivity contribution in [3.63, 3.8) is 0 Å². The number of aliphatic imine (C=N–C) groups is 1. The van der Waals surface area contributed by atoms with Crippen molar-refractivity contribution in [3.8, 4) is 11.5 Å². The maximum absolute atomic E-state index is 12.4. The first-order valence-electron chi connectivity index (χ1n) is 8.51. The molecule has 1 aliphatic rings. The molecule has 142 valence electrons. The van der Waals surface area contributed by atoms with E-state index in [1.807, 2.05) is 24.3 Å². The van der Waals surface area contributed by atoms with Gasteiger partial charge in [-0.05, 0) is 30.2 Å². The second kappa shape index (κ2) is 7.28. The molecule has 0 unspecified atom stereocenters. The van der Waals surface area contributed by atoms with Crippen molar-refractivity contribution in [2.45, 2.75) is 11.3 Å². The number of sulfonamides is 1. The fraction of sp³-hybridized carbons (Fsp3) is 0.105. The maximum atomic E-state index is 12.4. The fourth-order valence-electron chi connectivity index (χ4n) is 2.90. The van der Waals surface area contributed by atoms with Crippen molar-refractivity contribution in [1.82, 2.24) is 15.0 Å². The number of benzene rings is 2. The Morgan fingerprint density at radius 2 is 1.89 bits per heavy atom. The summed E-state index contributed by atoms with van der Waals surface area (Å²) in [7, 11) is -3.81. The van der Waals surface area contributed by atoms with Gasteiger partial charge in [0, 0.05) is 12.1 Å². The standard InChI is InChI=1S/C19H16N4O4S/c24-18(17-22-15-7-3-4-8-16(15)28(25,26)23-17)20-10-9-13-5-1-2-6-14(13)19-21-11-12-27-19/h1-8,11-12H,9-10H2,(H,20,24)(H,22,23). The monoisotopic (exact) mass is 396 g/mol. The van der Waals surface area contributed by atoms with Crippen LogP contribution in [0.25, 0.3) is 11.5 Å². The van der Waals surface area contributed by atoms with Crippen LogP contribution in [0.1, 0.15) is 5.56 Å². The van der Waals surface area contributed by atoms with Gasteiger partial charge in [-0.2, -0.15) is 0 Å². The lowest BCUT2D eigenvalue weighted by molar-refractivity contribution is -0.114. The van der Waals surface area contributed by atoms with Crippen molar-refractivity contribution in [2.24, 2.45) is 4.99 Å². The number of hydrogen-bond donors (Lipinski definition) is 2. The molecule has 0 spiro atoms. The molecule has 4 rings (SSSR count). The zero-order valence-corrected chi connectivity index (χ0v) is 15.4. The molecule has 1 aliphatic heterocycles. The smallest absolute Gasteiger partial charge is 0.287 e. The van der Waals surface area contributed by atoms with Gasteiger partial charge in [0.15, 0.2) is 0 Å². The normalized spacial score (nSPS) is 14.5. The van der Waals surface area contributed by atoms with E-state index in [0.717, 1.165) is 11.1 Å². The summed E-state index contributed by atoms with van der Waals surface area (Å²) < 4.78 is 32.1. The number of carbonyl (C=O) groups is 1. The second-order valence-corrected chi connectivity index (χ2v) is 7.68. The topological polar surface area (TPSA) is 114 Å². The number of nitrogens with one attached hydrogen (secondary N) is 2. The van der Waals surface area contributed by atoms with E-state index in [1.165, 1.54) is 12.3 Å². The van der Waals surface area contributed by atoms with Crippen molar-refractivity contribution in [3.05, 3.63) is 66.6 Å². The number of fused-ring (bicyclic) bond motifs is 1. The summed E-state index contributed by atoms with van der Waals surface area (Å²) in [5.74, 6) is -0.339. The molecule has 2 N–H and O–H groups in total. The highest BCUT2D eigenvalue weighted by atomic mass is 32.2. The number of amides is 1. The second-order valence-electron chi connectivity index (χ2n) is 6.03. The Balaban J connectivity index is 1.46. The Morgan fingerprint density at radius 1 is 1.11 bits per heavy atom. The predicted molar refractivity (Wildman–Crippen MR) is 103 cm³/mol. The first-order chi connectivity index (χ1) is 13.5. The minimum absolute atomic E-state index is 0.0476. The first kappa shape index (κ1) is 17.9. The van der Waals surface area contributed by atoms with E-state index >= 15 is 0 Å². The molecule has 0 saturated heterocycles. The molecule has 1 amide bonds. The number of nitrogens with zero attached hydrogens (tertiary/aromatic N) is 2. The van der Waals surface area contributed by atoms with Crippen LogP contribution in [0.2, 0.25) is 0 Å². The minimum atomic E-state index is -3.81. The number of oxazole rings is 1. The Kier molecular flexibility index (Phi) is 4.66. The molecule has 0 bridgehead atoms. The van der Waals surface area contributed by atoms with Crippen LogP contribution in [0.3, 0.4) is 0 Å². The molecule has 9 heteroatoms. The van der Waals surface area contributed by atoms with Crippen LogP contribution < -0.4 is 10.0 Å². The number of rotatable bonds is 5. The molecule has 1 aromatic heterocycles. The van der Waals surface area contributed by atoms with E-state index < -0.39 is 15.9 Å². The number of para-hydroxylation sites is 1. The Morgan fingerprint density at radius 3 is 2.71 bits per heavy atom. The summed E-state index contributed by atoms with van der Waals surface area (Å²) in [6.07, 6.45) is 3.58. The molecule has 2 heterocycles. The van der Waals surface area contributed by atoms with Crippen LogP contribution in [-0.4, -0.2) is 31.7 Å². The fourth-order valence-corrected chi connectivity index (χ4v) is 4.05.